The van der Waals surface area contributed by atoms with Crippen LogP contribution in [0.1, 0.15) is 10.5 Å². The van der Waals surface area contributed by atoms with Gasteiger partial charge in [-0.1, -0.05) is 15.9 Å². The van der Waals surface area contributed by atoms with Crippen LogP contribution in [0.4, 0.5) is 10.1 Å². The van der Waals surface area contributed by atoms with Crippen LogP contribution in [-0.2, 0) is 0 Å². The summed E-state index contributed by atoms with van der Waals surface area (Å²) >= 11 is 3.17. The molecule has 0 bridgehead atoms. The number of aromatic carboxylic acids is 1. The number of hydrogen-bond acceptors (Lipinski definition) is 4. The van der Waals surface area contributed by atoms with E-state index in [9.17, 15) is 9.18 Å². The second-order valence-electron chi connectivity index (χ2n) is 3.57. The van der Waals surface area contributed by atoms with E-state index in [1.54, 1.807) is 0 Å². The molecule has 0 unspecified atom stereocenters. The van der Waals surface area contributed by atoms with Gasteiger partial charge in [0.05, 0.1) is 5.69 Å². The molecule has 3 N–H and O–H groups in total. The van der Waals surface area contributed by atoms with Gasteiger partial charge in [0.2, 0.25) is 5.88 Å². The topological polar surface area (TPSA) is 85.4 Å². The van der Waals surface area contributed by atoms with Crippen LogP contribution in [0.15, 0.2) is 34.8 Å². The summed E-state index contributed by atoms with van der Waals surface area (Å²) < 4.78 is 19.3. The standard InChI is InChI=1S/C12H8BrFN2O3/c13-6-1-2-7(14)10(5-6)19-11-8(15)3-4-9(16-11)12(17)18/h1-5H,15H2,(H,17,18). The van der Waals surface area contributed by atoms with E-state index in [2.05, 4.69) is 20.9 Å². The van der Waals surface area contributed by atoms with Crippen molar-refractivity contribution in [1.82, 2.24) is 4.98 Å². The molecule has 0 radical (unpaired) electrons. The molecule has 1 heterocycles. The van der Waals surface area contributed by atoms with Crippen molar-refractivity contribution in [3.8, 4) is 11.6 Å². The number of ether oxygens (including phenoxy) is 1. The molecule has 0 spiro atoms. The molecule has 0 aliphatic heterocycles. The fraction of sp³-hybridized carbons (Fsp3) is 0. The van der Waals surface area contributed by atoms with Crippen molar-refractivity contribution < 1.29 is 19.0 Å². The Morgan fingerprint density at radius 1 is 1.37 bits per heavy atom. The molecule has 19 heavy (non-hydrogen) atoms. The number of anilines is 1. The van der Waals surface area contributed by atoms with Crippen LogP contribution >= 0.6 is 15.9 Å². The SMILES string of the molecule is Nc1ccc(C(=O)O)nc1Oc1cc(Br)ccc1F. The Labute approximate surface area is 116 Å². The number of nitrogens with two attached hydrogens (primary N) is 1. The van der Waals surface area contributed by atoms with E-state index >= 15 is 0 Å². The van der Waals surface area contributed by atoms with Gasteiger partial charge in [-0.3, -0.25) is 0 Å². The fourth-order valence-corrected chi connectivity index (χ4v) is 1.65. The summed E-state index contributed by atoms with van der Waals surface area (Å²) in [5.41, 5.74) is 5.49. The molecule has 2 aromatic rings. The van der Waals surface area contributed by atoms with E-state index in [1.807, 2.05) is 0 Å². The molecule has 0 atom stereocenters. The molecule has 0 amide bonds. The number of halogens is 2. The summed E-state index contributed by atoms with van der Waals surface area (Å²) in [6.45, 7) is 0. The molecule has 0 fully saturated rings. The van der Waals surface area contributed by atoms with Gasteiger partial charge in [0.1, 0.15) is 0 Å². The molecule has 0 aliphatic carbocycles. The van der Waals surface area contributed by atoms with Crippen molar-refractivity contribution in [3.63, 3.8) is 0 Å². The Balaban J connectivity index is 2.40. The zero-order valence-corrected chi connectivity index (χ0v) is 11.0. The monoisotopic (exact) mass is 326 g/mol. The third kappa shape index (κ3) is 3.00. The van der Waals surface area contributed by atoms with Crippen LogP contribution in [0.2, 0.25) is 0 Å². The molecule has 1 aromatic carbocycles. The highest BCUT2D eigenvalue weighted by Crippen LogP contribution is 2.29. The van der Waals surface area contributed by atoms with Crippen molar-refractivity contribution in [1.29, 1.82) is 0 Å². The van der Waals surface area contributed by atoms with Gasteiger partial charge >= 0.3 is 5.97 Å². The molecule has 0 aliphatic rings. The van der Waals surface area contributed by atoms with Gasteiger partial charge in [0.15, 0.2) is 17.3 Å². The number of nitrogen functional groups attached to an aromatic ring is 1. The van der Waals surface area contributed by atoms with Crippen LogP contribution in [0, 0.1) is 5.82 Å². The van der Waals surface area contributed by atoms with Crippen LogP contribution in [0.5, 0.6) is 11.6 Å². The first-order valence-corrected chi connectivity index (χ1v) is 5.89. The summed E-state index contributed by atoms with van der Waals surface area (Å²) in [7, 11) is 0. The highest BCUT2D eigenvalue weighted by Gasteiger charge is 2.12. The lowest BCUT2D eigenvalue weighted by molar-refractivity contribution is 0.0689. The van der Waals surface area contributed by atoms with E-state index < -0.39 is 11.8 Å². The van der Waals surface area contributed by atoms with Gasteiger partial charge in [-0.2, -0.15) is 0 Å². The Kier molecular flexibility index (Phi) is 3.66. The van der Waals surface area contributed by atoms with Crippen molar-refractivity contribution in [2.45, 2.75) is 0 Å². The second-order valence-corrected chi connectivity index (χ2v) is 4.49. The first kappa shape index (κ1) is 13.3. The fourth-order valence-electron chi connectivity index (χ4n) is 1.31. The van der Waals surface area contributed by atoms with Crippen LogP contribution < -0.4 is 10.5 Å². The first-order chi connectivity index (χ1) is 8.97. The number of aromatic nitrogens is 1. The molecule has 1 aromatic heterocycles. The molecule has 7 heteroatoms. The maximum Gasteiger partial charge on any atom is 0.354 e. The average Bonchev–Trinajstić information content (AvgIpc) is 2.36. The lowest BCUT2D eigenvalue weighted by atomic mass is 10.3. The zero-order chi connectivity index (χ0) is 14.0. The van der Waals surface area contributed by atoms with Crippen molar-refractivity contribution in [2.24, 2.45) is 0 Å². The number of benzene rings is 1. The number of hydrogen-bond donors (Lipinski definition) is 2. The summed E-state index contributed by atoms with van der Waals surface area (Å²) in [6, 6.07) is 6.68. The molecular weight excluding hydrogens is 319 g/mol. The quantitative estimate of drug-likeness (QED) is 0.905. The van der Waals surface area contributed by atoms with Gasteiger partial charge in [0, 0.05) is 4.47 Å². The third-order valence-corrected chi connectivity index (χ3v) is 2.70. The maximum atomic E-state index is 13.5. The van der Waals surface area contributed by atoms with Crippen molar-refractivity contribution >= 4 is 27.6 Å². The average molecular weight is 327 g/mol. The van der Waals surface area contributed by atoms with Crippen molar-refractivity contribution in [2.75, 3.05) is 5.73 Å². The van der Waals surface area contributed by atoms with Crippen LogP contribution in [-0.4, -0.2) is 16.1 Å². The normalized spacial score (nSPS) is 10.2. The van der Waals surface area contributed by atoms with Gasteiger partial charge < -0.3 is 15.6 Å². The number of nitrogens with zero attached hydrogens (tertiary/aromatic N) is 1. The summed E-state index contributed by atoms with van der Waals surface area (Å²) in [4.78, 5) is 14.5. The molecular formula is C12H8BrFN2O3. The van der Waals surface area contributed by atoms with E-state index in [0.29, 0.717) is 4.47 Å². The first-order valence-electron chi connectivity index (χ1n) is 5.10. The van der Waals surface area contributed by atoms with Crippen LogP contribution in [0.3, 0.4) is 0 Å². The predicted molar refractivity (Wildman–Crippen MR) is 69.8 cm³/mol. The number of carboxylic acids is 1. The molecule has 0 saturated heterocycles. The Bertz CT molecular complexity index is 649. The molecule has 5 nitrogen and oxygen atoms in total. The van der Waals surface area contributed by atoms with E-state index in [-0.39, 0.29) is 23.0 Å². The minimum Gasteiger partial charge on any atom is -0.477 e. The minimum absolute atomic E-state index is 0.101. The molecule has 2 rings (SSSR count). The Morgan fingerprint density at radius 2 is 2.11 bits per heavy atom. The minimum atomic E-state index is -1.22. The Morgan fingerprint density at radius 3 is 2.79 bits per heavy atom. The predicted octanol–water partition coefficient (Wildman–Crippen LogP) is 3.06. The van der Waals surface area contributed by atoms with E-state index in [1.165, 1.54) is 30.3 Å². The van der Waals surface area contributed by atoms with Crippen LogP contribution in [0.25, 0.3) is 0 Å². The smallest absolute Gasteiger partial charge is 0.354 e. The van der Waals surface area contributed by atoms with Gasteiger partial charge in [-0.05, 0) is 30.3 Å². The lowest BCUT2D eigenvalue weighted by Gasteiger charge is -2.09. The highest BCUT2D eigenvalue weighted by atomic mass is 79.9. The largest absolute Gasteiger partial charge is 0.477 e. The third-order valence-electron chi connectivity index (χ3n) is 2.21. The number of rotatable bonds is 3. The summed E-state index contributed by atoms with van der Waals surface area (Å²) in [5.74, 6) is -2.09. The van der Waals surface area contributed by atoms with Gasteiger partial charge in [0.25, 0.3) is 0 Å². The molecule has 0 saturated carbocycles. The number of pyridine rings is 1. The Hall–Kier alpha value is -2.15. The van der Waals surface area contributed by atoms with E-state index in [0.717, 1.165) is 0 Å². The summed E-state index contributed by atoms with van der Waals surface area (Å²) in [5, 5.41) is 8.82. The highest BCUT2D eigenvalue weighted by molar-refractivity contribution is 9.10. The number of carbonyl (C=O) groups is 1. The van der Waals surface area contributed by atoms with Gasteiger partial charge in [-0.25, -0.2) is 14.2 Å². The van der Waals surface area contributed by atoms with E-state index in [4.69, 9.17) is 15.6 Å². The maximum absolute atomic E-state index is 13.5. The second kappa shape index (κ2) is 5.23. The summed E-state index contributed by atoms with van der Waals surface area (Å²) in [6.07, 6.45) is 0. The molecule has 98 valence electrons. The van der Waals surface area contributed by atoms with Crippen molar-refractivity contribution in [3.05, 3.63) is 46.3 Å². The lowest BCUT2D eigenvalue weighted by Crippen LogP contribution is -2.04. The zero-order valence-electron chi connectivity index (χ0n) is 9.43. The van der Waals surface area contributed by atoms with Gasteiger partial charge in [-0.15, -0.1) is 0 Å². The number of carboxylic acid groups (broad SMARTS) is 1.